The zero-order chi connectivity index (χ0) is 33.3. The Hall–Kier alpha value is -4.68. The summed E-state index contributed by atoms with van der Waals surface area (Å²) < 4.78 is 0. The fraction of sp³-hybridized carbons (Fsp3) is 0.412. The molecule has 2 aromatic carbocycles. The highest BCUT2D eigenvalue weighted by Gasteiger charge is 2.43. The Balaban J connectivity index is 1.70. The molecule has 0 aliphatic carbocycles. The second-order valence-electron chi connectivity index (χ2n) is 12.3. The van der Waals surface area contributed by atoms with Crippen LogP contribution in [0.2, 0.25) is 0 Å². The van der Waals surface area contributed by atoms with Crippen LogP contribution >= 0.6 is 0 Å². The summed E-state index contributed by atoms with van der Waals surface area (Å²) in [5.74, 6) is -2.15. The number of hydrogen-bond acceptors (Lipinski definition) is 6. The van der Waals surface area contributed by atoms with Crippen LogP contribution in [-0.4, -0.2) is 63.8 Å². The maximum absolute atomic E-state index is 14.4. The second-order valence-corrected chi connectivity index (χ2v) is 12.3. The van der Waals surface area contributed by atoms with E-state index in [4.69, 9.17) is 17.2 Å². The van der Waals surface area contributed by atoms with Crippen LogP contribution in [0.5, 0.6) is 0 Å². The smallest absolute Gasteiger partial charge is 0.246 e. The molecule has 4 rings (SSSR count). The number of nitrogens with one attached hydrogen (secondary N) is 5. The molecule has 246 valence electrons. The van der Waals surface area contributed by atoms with Crippen LogP contribution < -0.4 is 33.2 Å². The number of rotatable bonds is 17. The van der Waals surface area contributed by atoms with Crippen molar-refractivity contribution in [3.05, 3.63) is 72.1 Å². The second kappa shape index (κ2) is 15.1. The standard InChI is InChI=1S/C34H46N8O4/c1-33(18-22-20-38-26-12-5-3-10-24(22)26,31(45)40-28(30(37)44)14-7-8-16-35)42-32(46)34(2,41-29(43)15-9-17-36)19-23-21-39-27-13-6-4-11-25(23)27/h3-6,10-13,20-21,28,38-39H,7-9,14-19,35-36H2,1-2H3,(H2,37,44)(H,40,45)(H,41,43)(H,42,46)/t28-,33+,34+/m0/s1. The number of aromatic amines is 2. The largest absolute Gasteiger partial charge is 0.368 e. The van der Waals surface area contributed by atoms with Gasteiger partial charge in [-0.25, -0.2) is 0 Å². The quantitative estimate of drug-likeness (QED) is 0.0817. The van der Waals surface area contributed by atoms with Crippen LogP contribution in [0.4, 0.5) is 0 Å². The summed E-state index contributed by atoms with van der Waals surface area (Å²) in [5.41, 5.74) is 17.3. The van der Waals surface area contributed by atoms with Crippen molar-refractivity contribution in [2.24, 2.45) is 17.2 Å². The van der Waals surface area contributed by atoms with Crippen molar-refractivity contribution in [1.82, 2.24) is 25.9 Å². The molecule has 11 N–H and O–H groups in total. The number of carbonyl (C=O) groups excluding carboxylic acids is 4. The number of para-hydroxylation sites is 2. The number of primary amides is 1. The summed E-state index contributed by atoms with van der Waals surface area (Å²) >= 11 is 0. The Kier molecular flexibility index (Phi) is 11.2. The topological polar surface area (TPSA) is 214 Å². The van der Waals surface area contributed by atoms with E-state index in [2.05, 4.69) is 25.9 Å². The maximum Gasteiger partial charge on any atom is 0.246 e. The van der Waals surface area contributed by atoms with Gasteiger partial charge in [-0.15, -0.1) is 0 Å². The molecule has 0 bridgehead atoms. The number of H-pyrrole nitrogens is 2. The van der Waals surface area contributed by atoms with Crippen molar-refractivity contribution in [3.63, 3.8) is 0 Å². The summed E-state index contributed by atoms with van der Waals surface area (Å²) in [6.07, 6.45) is 6.02. The van der Waals surface area contributed by atoms with E-state index in [1.165, 1.54) is 0 Å². The summed E-state index contributed by atoms with van der Waals surface area (Å²) in [5, 5.41) is 10.5. The lowest BCUT2D eigenvalue weighted by molar-refractivity contribution is -0.139. The predicted molar refractivity (Wildman–Crippen MR) is 179 cm³/mol. The van der Waals surface area contributed by atoms with Gasteiger partial charge in [-0.05, 0) is 75.9 Å². The number of benzene rings is 2. The van der Waals surface area contributed by atoms with Crippen LogP contribution in [0.3, 0.4) is 0 Å². The Labute approximate surface area is 268 Å². The van der Waals surface area contributed by atoms with Crippen molar-refractivity contribution >= 4 is 45.4 Å². The number of carbonyl (C=O) groups is 4. The normalized spacial score (nSPS) is 14.7. The Bertz CT molecular complexity index is 1680. The van der Waals surface area contributed by atoms with Gasteiger partial charge in [0.2, 0.25) is 23.6 Å². The average molecular weight is 631 g/mol. The first-order valence-electron chi connectivity index (χ1n) is 15.7. The van der Waals surface area contributed by atoms with Crippen LogP contribution in [0.1, 0.15) is 57.1 Å². The van der Waals surface area contributed by atoms with Gasteiger partial charge in [-0.1, -0.05) is 36.4 Å². The maximum atomic E-state index is 14.4. The Morgan fingerprint density at radius 2 is 1.26 bits per heavy atom. The average Bonchev–Trinajstić information content (AvgIpc) is 3.63. The van der Waals surface area contributed by atoms with Crippen molar-refractivity contribution < 1.29 is 19.2 Å². The molecule has 0 saturated heterocycles. The molecule has 2 heterocycles. The molecule has 0 saturated carbocycles. The van der Waals surface area contributed by atoms with E-state index in [-0.39, 0.29) is 25.2 Å². The molecule has 12 nitrogen and oxygen atoms in total. The van der Waals surface area contributed by atoms with Crippen LogP contribution in [-0.2, 0) is 32.0 Å². The van der Waals surface area contributed by atoms with Crippen LogP contribution in [0.25, 0.3) is 21.8 Å². The first-order valence-corrected chi connectivity index (χ1v) is 15.7. The third-order valence-electron chi connectivity index (χ3n) is 8.45. The molecule has 0 aliphatic heterocycles. The van der Waals surface area contributed by atoms with Gasteiger partial charge < -0.3 is 43.1 Å². The number of amides is 4. The van der Waals surface area contributed by atoms with E-state index in [0.717, 1.165) is 32.9 Å². The van der Waals surface area contributed by atoms with Gasteiger partial charge in [0, 0.05) is 53.5 Å². The molecule has 4 aromatic rings. The van der Waals surface area contributed by atoms with Gasteiger partial charge in [0.15, 0.2) is 0 Å². The van der Waals surface area contributed by atoms with E-state index in [9.17, 15) is 19.2 Å². The van der Waals surface area contributed by atoms with E-state index >= 15 is 0 Å². The number of fused-ring (bicyclic) bond motifs is 2. The lowest BCUT2D eigenvalue weighted by Crippen LogP contribution is -2.67. The lowest BCUT2D eigenvalue weighted by Gasteiger charge is -2.36. The monoisotopic (exact) mass is 630 g/mol. The predicted octanol–water partition coefficient (Wildman–Crippen LogP) is 2.02. The van der Waals surface area contributed by atoms with Crippen molar-refractivity contribution in [1.29, 1.82) is 0 Å². The number of hydrogen-bond donors (Lipinski definition) is 8. The van der Waals surface area contributed by atoms with Crippen molar-refractivity contribution in [3.8, 4) is 0 Å². The molecular weight excluding hydrogens is 584 g/mol. The first-order chi connectivity index (χ1) is 22.0. The highest BCUT2D eigenvalue weighted by molar-refractivity contribution is 5.99. The molecule has 12 heteroatoms. The third-order valence-corrected chi connectivity index (χ3v) is 8.45. The zero-order valence-electron chi connectivity index (χ0n) is 26.6. The van der Waals surface area contributed by atoms with Crippen LogP contribution in [0, 0.1) is 0 Å². The van der Waals surface area contributed by atoms with Crippen LogP contribution in [0.15, 0.2) is 60.9 Å². The SMILES string of the molecule is C[C@](Cc1c[nH]c2ccccc12)(NC(=O)CCCN)C(=O)N[C@](C)(Cc1c[nH]c2ccccc12)C(=O)N[C@@H](CCCCN)C(N)=O. The summed E-state index contributed by atoms with van der Waals surface area (Å²) in [4.78, 5) is 60.4. The number of nitrogens with two attached hydrogens (primary N) is 3. The van der Waals surface area contributed by atoms with Crippen molar-refractivity contribution in [2.45, 2.75) is 75.9 Å². The van der Waals surface area contributed by atoms with Crippen molar-refractivity contribution in [2.75, 3.05) is 13.1 Å². The van der Waals surface area contributed by atoms with Gasteiger partial charge in [-0.2, -0.15) is 0 Å². The first kappa shape index (κ1) is 34.2. The van der Waals surface area contributed by atoms with Gasteiger partial charge >= 0.3 is 0 Å². The molecule has 0 spiro atoms. The van der Waals surface area contributed by atoms with Gasteiger partial charge in [0.05, 0.1) is 0 Å². The molecule has 0 fully saturated rings. The Morgan fingerprint density at radius 3 is 1.78 bits per heavy atom. The summed E-state index contributed by atoms with van der Waals surface area (Å²) in [7, 11) is 0. The number of aromatic nitrogens is 2. The molecule has 0 aliphatic rings. The summed E-state index contributed by atoms with van der Waals surface area (Å²) in [6.45, 7) is 4.03. The minimum atomic E-state index is -1.55. The fourth-order valence-corrected chi connectivity index (χ4v) is 5.80. The van der Waals surface area contributed by atoms with E-state index in [1.807, 2.05) is 54.7 Å². The zero-order valence-corrected chi connectivity index (χ0v) is 26.6. The Morgan fingerprint density at radius 1 is 0.739 bits per heavy atom. The molecule has 4 amide bonds. The minimum Gasteiger partial charge on any atom is -0.368 e. The molecule has 0 radical (unpaired) electrons. The molecule has 0 unspecified atom stereocenters. The lowest BCUT2D eigenvalue weighted by atomic mass is 9.86. The molecule has 2 aromatic heterocycles. The number of unbranched alkanes of at least 4 members (excludes halogenated alkanes) is 1. The fourth-order valence-electron chi connectivity index (χ4n) is 5.80. The third kappa shape index (κ3) is 8.12. The van der Waals surface area contributed by atoms with E-state index < -0.39 is 34.8 Å². The van der Waals surface area contributed by atoms with E-state index in [0.29, 0.717) is 38.8 Å². The van der Waals surface area contributed by atoms with E-state index in [1.54, 1.807) is 20.0 Å². The van der Waals surface area contributed by atoms with Gasteiger partial charge in [-0.3, -0.25) is 19.2 Å². The minimum absolute atomic E-state index is 0.0904. The van der Waals surface area contributed by atoms with Gasteiger partial charge in [0.25, 0.3) is 0 Å². The summed E-state index contributed by atoms with van der Waals surface area (Å²) in [6, 6.07) is 14.4. The molecular formula is C34H46N8O4. The highest BCUT2D eigenvalue weighted by atomic mass is 16.2. The molecule has 46 heavy (non-hydrogen) atoms. The van der Waals surface area contributed by atoms with Gasteiger partial charge in [0.1, 0.15) is 17.1 Å². The highest BCUT2D eigenvalue weighted by Crippen LogP contribution is 2.26. The molecule has 3 atom stereocenters.